The number of nitrogens with zero attached hydrogens (tertiary/aromatic N) is 5. The number of hydrogen-bond donors (Lipinski definition) is 1. The van der Waals surface area contributed by atoms with E-state index in [9.17, 15) is 14.4 Å². The molecule has 1 saturated heterocycles. The first-order valence-electron chi connectivity index (χ1n) is 12.2. The van der Waals surface area contributed by atoms with E-state index in [1.54, 1.807) is 16.8 Å². The summed E-state index contributed by atoms with van der Waals surface area (Å²) in [6.07, 6.45) is 2.74. The van der Waals surface area contributed by atoms with E-state index in [4.69, 9.17) is 5.73 Å². The molecule has 5 rings (SSSR count). The zero-order valence-electron chi connectivity index (χ0n) is 20.6. The van der Waals surface area contributed by atoms with Crippen LogP contribution in [0.25, 0.3) is 5.69 Å². The zero-order chi connectivity index (χ0) is 25.4. The van der Waals surface area contributed by atoms with Crippen molar-refractivity contribution < 1.29 is 14.4 Å². The van der Waals surface area contributed by atoms with Gasteiger partial charge in [0.2, 0.25) is 5.91 Å². The molecule has 3 heterocycles. The standard InChI is InChI=1S/C27H30N6O3/c1-18-5-7-21(8-6-18)33-25-22(24(29-33)26(28)35)13-16-32(27(25)36)20-11-9-19(10-12-20)30(2)23(34)17-31-14-3-4-15-31/h5-12H,3-4,13-17H2,1-2H3,(H2,28,35). The Kier molecular flexibility index (Phi) is 6.32. The summed E-state index contributed by atoms with van der Waals surface area (Å²) in [6, 6.07) is 15.0. The van der Waals surface area contributed by atoms with Gasteiger partial charge in [-0.2, -0.15) is 5.10 Å². The minimum atomic E-state index is -0.649. The Morgan fingerprint density at radius 1 is 0.972 bits per heavy atom. The van der Waals surface area contributed by atoms with E-state index < -0.39 is 5.91 Å². The second-order valence-electron chi connectivity index (χ2n) is 9.45. The minimum Gasteiger partial charge on any atom is -0.364 e. The van der Waals surface area contributed by atoms with Crippen LogP contribution < -0.4 is 15.5 Å². The molecule has 2 aliphatic rings. The number of fused-ring (bicyclic) bond motifs is 1. The predicted molar refractivity (Wildman–Crippen MR) is 138 cm³/mol. The molecule has 3 aromatic rings. The number of nitrogens with two attached hydrogens (primary N) is 1. The van der Waals surface area contributed by atoms with Crippen LogP contribution in [0, 0.1) is 6.92 Å². The molecular formula is C27H30N6O3. The summed E-state index contributed by atoms with van der Waals surface area (Å²) in [5, 5.41) is 4.41. The van der Waals surface area contributed by atoms with Crippen molar-refractivity contribution in [2.75, 3.05) is 43.0 Å². The molecule has 36 heavy (non-hydrogen) atoms. The van der Waals surface area contributed by atoms with E-state index in [-0.39, 0.29) is 17.5 Å². The zero-order valence-corrected chi connectivity index (χ0v) is 20.6. The highest BCUT2D eigenvalue weighted by molar-refractivity contribution is 6.09. The fourth-order valence-corrected chi connectivity index (χ4v) is 4.92. The largest absolute Gasteiger partial charge is 0.364 e. The van der Waals surface area contributed by atoms with Crippen LogP contribution in [0.3, 0.4) is 0 Å². The summed E-state index contributed by atoms with van der Waals surface area (Å²) in [5.74, 6) is -0.850. The molecule has 0 atom stereocenters. The third-order valence-electron chi connectivity index (χ3n) is 7.01. The molecule has 0 radical (unpaired) electrons. The van der Waals surface area contributed by atoms with Crippen molar-refractivity contribution in [2.24, 2.45) is 5.73 Å². The van der Waals surface area contributed by atoms with Gasteiger partial charge in [0.1, 0.15) is 5.69 Å². The molecule has 0 bridgehead atoms. The number of aryl methyl sites for hydroxylation is 1. The summed E-state index contributed by atoms with van der Waals surface area (Å²) in [6.45, 7) is 4.72. The second kappa shape index (κ2) is 9.58. The Labute approximate surface area is 210 Å². The number of aromatic nitrogens is 2. The van der Waals surface area contributed by atoms with Gasteiger partial charge in [-0.1, -0.05) is 17.7 Å². The van der Waals surface area contributed by atoms with Gasteiger partial charge in [-0.05, 0) is 75.7 Å². The highest BCUT2D eigenvalue weighted by Gasteiger charge is 2.34. The molecule has 0 spiro atoms. The van der Waals surface area contributed by atoms with E-state index in [1.165, 1.54) is 4.68 Å². The van der Waals surface area contributed by atoms with E-state index >= 15 is 0 Å². The number of likely N-dealkylation sites (tertiary alicyclic amines) is 1. The topological polar surface area (TPSA) is 105 Å². The predicted octanol–water partition coefficient (Wildman–Crippen LogP) is 2.54. The molecule has 1 aromatic heterocycles. The number of amides is 3. The Morgan fingerprint density at radius 2 is 1.61 bits per heavy atom. The van der Waals surface area contributed by atoms with Crippen LogP contribution in [0.15, 0.2) is 48.5 Å². The fraction of sp³-hybridized carbons (Fsp3) is 0.333. The third-order valence-corrected chi connectivity index (χ3v) is 7.01. The highest BCUT2D eigenvalue weighted by atomic mass is 16.2. The molecule has 2 aromatic carbocycles. The van der Waals surface area contributed by atoms with Gasteiger partial charge in [0.15, 0.2) is 5.69 Å². The average Bonchev–Trinajstić information content (AvgIpc) is 3.53. The van der Waals surface area contributed by atoms with E-state index in [0.717, 1.165) is 37.2 Å². The SMILES string of the molecule is Cc1ccc(-n2nc(C(N)=O)c3c2C(=O)N(c2ccc(N(C)C(=O)CN4CCCC4)cc2)CC3)cc1. The molecule has 3 amide bonds. The van der Waals surface area contributed by atoms with Crippen molar-refractivity contribution in [3.05, 3.63) is 71.0 Å². The Hall–Kier alpha value is -3.98. The Morgan fingerprint density at radius 3 is 2.25 bits per heavy atom. The summed E-state index contributed by atoms with van der Waals surface area (Å²) in [7, 11) is 1.78. The molecule has 9 heteroatoms. The van der Waals surface area contributed by atoms with Gasteiger partial charge in [-0.15, -0.1) is 0 Å². The molecule has 9 nitrogen and oxygen atoms in total. The lowest BCUT2D eigenvalue weighted by Gasteiger charge is -2.28. The number of primary amides is 1. The lowest BCUT2D eigenvalue weighted by molar-refractivity contribution is -0.119. The summed E-state index contributed by atoms with van der Waals surface area (Å²) in [5.41, 5.74) is 9.90. The molecule has 1 fully saturated rings. The summed E-state index contributed by atoms with van der Waals surface area (Å²) >= 11 is 0. The molecule has 2 N–H and O–H groups in total. The number of carbonyl (C=O) groups is 3. The van der Waals surface area contributed by atoms with Crippen LogP contribution >= 0.6 is 0 Å². The minimum absolute atomic E-state index is 0.0457. The lowest BCUT2D eigenvalue weighted by atomic mass is 10.0. The molecule has 2 aliphatic heterocycles. The van der Waals surface area contributed by atoms with Gasteiger partial charge in [-0.25, -0.2) is 4.68 Å². The second-order valence-corrected chi connectivity index (χ2v) is 9.45. The number of carbonyl (C=O) groups excluding carboxylic acids is 3. The maximum Gasteiger partial charge on any atom is 0.277 e. The first-order chi connectivity index (χ1) is 17.3. The first kappa shape index (κ1) is 23.7. The maximum atomic E-state index is 13.7. The Balaban J connectivity index is 1.40. The molecule has 0 aliphatic carbocycles. The van der Waals surface area contributed by atoms with Gasteiger partial charge >= 0.3 is 0 Å². The third kappa shape index (κ3) is 4.37. The van der Waals surface area contributed by atoms with Crippen molar-refractivity contribution in [1.29, 1.82) is 0 Å². The number of likely N-dealkylation sites (N-methyl/N-ethyl adjacent to an activating group) is 1. The fourth-order valence-electron chi connectivity index (χ4n) is 4.92. The molecule has 186 valence electrons. The number of hydrogen-bond acceptors (Lipinski definition) is 5. The van der Waals surface area contributed by atoms with Gasteiger partial charge < -0.3 is 15.5 Å². The van der Waals surface area contributed by atoms with E-state index in [0.29, 0.717) is 42.1 Å². The molecule has 0 unspecified atom stereocenters. The van der Waals surface area contributed by atoms with Crippen LogP contribution in [0.2, 0.25) is 0 Å². The van der Waals surface area contributed by atoms with E-state index in [1.807, 2.05) is 55.5 Å². The van der Waals surface area contributed by atoms with E-state index in [2.05, 4.69) is 10.00 Å². The lowest BCUT2D eigenvalue weighted by Crippen LogP contribution is -2.39. The van der Waals surface area contributed by atoms with Gasteiger partial charge in [0.05, 0.1) is 12.2 Å². The van der Waals surface area contributed by atoms with Gasteiger partial charge in [0, 0.05) is 30.5 Å². The normalized spacial score (nSPS) is 15.7. The molecular weight excluding hydrogens is 456 g/mol. The van der Waals surface area contributed by atoms with Crippen molar-refractivity contribution in [2.45, 2.75) is 26.2 Å². The summed E-state index contributed by atoms with van der Waals surface area (Å²) < 4.78 is 1.52. The van der Waals surface area contributed by atoms with Crippen molar-refractivity contribution in [3.63, 3.8) is 0 Å². The first-order valence-corrected chi connectivity index (χ1v) is 12.2. The van der Waals surface area contributed by atoms with Crippen LogP contribution in [0.4, 0.5) is 11.4 Å². The van der Waals surface area contributed by atoms with Crippen molar-refractivity contribution in [1.82, 2.24) is 14.7 Å². The van der Waals surface area contributed by atoms with Crippen LogP contribution in [-0.2, 0) is 11.2 Å². The average molecular weight is 487 g/mol. The van der Waals surface area contributed by atoms with Crippen molar-refractivity contribution in [3.8, 4) is 5.69 Å². The van der Waals surface area contributed by atoms with Crippen LogP contribution in [0.5, 0.6) is 0 Å². The van der Waals surface area contributed by atoms with Crippen molar-refractivity contribution >= 4 is 29.1 Å². The van der Waals surface area contributed by atoms with Crippen LogP contribution in [0.1, 0.15) is 44.9 Å². The monoisotopic (exact) mass is 486 g/mol. The summed E-state index contributed by atoms with van der Waals surface area (Å²) in [4.78, 5) is 44.0. The quantitative estimate of drug-likeness (QED) is 0.577. The molecule has 0 saturated carbocycles. The smallest absolute Gasteiger partial charge is 0.277 e. The number of anilines is 2. The maximum absolute atomic E-state index is 13.7. The highest BCUT2D eigenvalue weighted by Crippen LogP contribution is 2.30. The Bertz CT molecular complexity index is 1310. The van der Waals surface area contributed by atoms with Gasteiger partial charge in [-0.3, -0.25) is 19.3 Å². The van der Waals surface area contributed by atoms with Crippen LogP contribution in [-0.4, -0.2) is 65.6 Å². The van der Waals surface area contributed by atoms with Gasteiger partial charge in [0.25, 0.3) is 11.8 Å². The number of rotatable bonds is 6. The number of benzene rings is 2.